The van der Waals surface area contributed by atoms with Crippen molar-refractivity contribution in [3.05, 3.63) is 119 Å². The van der Waals surface area contributed by atoms with Gasteiger partial charge in [0.25, 0.3) is 11.8 Å². The predicted molar refractivity (Wildman–Crippen MR) is 128 cm³/mol. The second-order valence-corrected chi connectivity index (χ2v) is 7.73. The zero-order valence-electron chi connectivity index (χ0n) is 18.9. The van der Waals surface area contributed by atoms with E-state index in [0.29, 0.717) is 5.75 Å². The maximum Gasteiger partial charge on any atom is 0.258 e. The highest BCUT2D eigenvalue weighted by Crippen LogP contribution is 2.23. The van der Waals surface area contributed by atoms with Crippen molar-refractivity contribution in [1.29, 1.82) is 0 Å². The maximum atomic E-state index is 13.8. The van der Waals surface area contributed by atoms with E-state index in [1.165, 1.54) is 42.6 Å². The lowest BCUT2D eigenvalue weighted by atomic mass is 10.1. The molecular weight excluding hydrogens is 468 g/mol. The molecule has 3 N–H and O–H groups in total. The third-order valence-corrected chi connectivity index (χ3v) is 5.19. The Bertz CT molecular complexity index is 1360. The van der Waals surface area contributed by atoms with Crippen LogP contribution in [-0.4, -0.2) is 21.9 Å². The fourth-order valence-corrected chi connectivity index (χ4v) is 3.32. The van der Waals surface area contributed by atoms with Crippen LogP contribution in [0.1, 0.15) is 31.8 Å². The molecule has 4 rings (SSSR count). The lowest BCUT2D eigenvalue weighted by molar-refractivity contribution is 0.0936. The van der Waals surface area contributed by atoms with Crippen molar-refractivity contribution in [2.45, 2.75) is 13.1 Å². The molecular formula is C27H21F2N3O4. The maximum absolute atomic E-state index is 13.8. The van der Waals surface area contributed by atoms with Crippen molar-refractivity contribution in [2.75, 3.05) is 0 Å². The third kappa shape index (κ3) is 6.01. The number of halogens is 2. The molecule has 0 aliphatic carbocycles. The fraction of sp³-hybridized carbons (Fsp3) is 0.0741. The molecule has 0 unspecified atom stereocenters. The molecule has 0 atom stereocenters. The fourth-order valence-electron chi connectivity index (χ4n) is 3.32. The van der Waals surface area contributed by atoms with Gasteiger partial charge in [0.1, 0.15) is 34.3 Å². The highest BCUT2D eigenvalue weighted by atomic mass is 19.1. The monoisotopic (exact) mass is 489 g/mol. The quantitative estimate of drug-likeness (QED) is 0.333. The van der Waals surface area contributed by atoms with Gasteiger partial charge in [-0.1, -0.05) is 30.3 Å². The second-order valence-electron chi connectivity index (χ2n) is 7.73. The van der Waals surface area contributed by atoms with Gasteiger partial charge in [-0.15, -0.1) is 0 Å². The summed E-state index contributed by atoms with van der Waals surface area (Å²) in [5.41, 5.74) is 1.36. The number of pyridine rings is 1. The number of carbonyl (C=O) groups is 2. The van der Waals surface area contributed by atoms with Gasteiger partial charge in [-0.3, -0.25) is 9.59 Å². The predicted octanol–water partition coefficient (Wildman–Crippen LogP) is 4.72. The number of ether oxygens (including phenoxy) is 1. The number of nitrogens with one attached hydrogen (secondary N) is 2. The van der Waals surface area contributed by atoms with Crippen LogP contribution in [0.4, 0.5) is 8.78 Å². The van der Waals surface area contributed by atoms with Gasteiger partial charge in [0, 0.05) is 19.3 Å². The van der Waals surface area contributed by atoms with E-state index in [9.17, 15) is 23.5 Å². The summed E-state index contributed by atoms with van der Waals surface area (Å²) in [5.74, 6) is -2.33. The third-order valence-electron chi connectivity index (χ3n) is 5.19. The number of hydrogen-bond donors (Lipinski definition) is 3. The first-order valence-corrected chi connectivity index (χ1v) is 10.9. The number of hydrogen-bond acceptors (Lipinski definition) is 5. The van der Waals surface area contributed by atoms with Crippen molar-refractivity contribution in [1.82, 2.24) is 15.6 Å². The number of aromatic hydroxyl groups is 1. The average molecular weight is 489 g/mol. The SMILES string of the molecule is O=C(NCc1ccc(CNC(=O)c2c(O)cccc2F)cc1)c1cccnc1Oc1ccc(F)cc1. The zero-order chi connectivity index (χ0) is 25.5. The summed E-state index contributed by atoms with van der Waals surface area (Å²) in [6, 6.07) is 19.3. The summed E-state index contributed by atoms with van der Waals surface area (Å²) in [7, 11) is 0. The van der Waals surface area contributed by atoms with Gasteiger partial charge < -0.3 is 20.5 Å². The highest BCUT2D eigenvalue weighted by Gasteiger charge is 2.16. The second kappa shape index (κ2) is 11.1. The largest absolute Gasteiger partial charge is 0.507 e. The van der Waals surface area contributed by atoms with Gasteiger partial charge in [-0.25, -0.2) is 13.8 Å². The molecule has 0 bridgehead atoms. The first-order valence-electron chi connectivity index (χ1n) is 10.9. The molecule has 0 saturated heterocycles. The summed E-state index contributed by atoms with van der Waals surface area (Å²) < 4.78 is 32.6. The Hall–Kier alpha value is -4.79. The molecule has 0 aliphatic heterocycles. The van der Waals surface area contributed by atoms with Gasteiger partial charge in [0.05, 0.1) is 0 Å². The average Bonchev–Trinajstić information content (AvgIpc) is 2.88. The number of amides is 2. The molecule has 3 aromatic carbocycles. The molecule has 0 fully saturated rings. The molecule has 1 aromatic heterocycles. The smallest absolute Gasteiger partial charge is 0.258 e. The van der Waals surface area contributed by atoms with Crippen LogP contribution in [0, 0.1) is 11.6 Å². The van der Waals surface area contributed by atoms with Gasteiger partial charge >= 0.3 is 0 Å². The Labute approximate surface area is 205 Å². The van der Waals surface area contributed by atoms with E-state index in [-0.39, 0.29) is 24.5 Å². The van der Waals surface area contributed by atoms with E-state index in [1.54, 1.807) is 36.4 Å². The lowest BCUT2D eigenvalue weighted by Gasteiger charge is -2.11. The van der Waals surface area contributed by atoms with Crippen LogP contribution >= 0.6 is 0 Å². The summed E-state index contributed by atoms with van der Waals surface area (Å²) in [4.78, 5) is 29.0. The van der Waals surface area contributed by atoms with Gasteiger partial charge in [0.2, 0.25) is 5.88 Å². The molecule has 0 saturated carbocycles. The van der Waals surface area contributed by atoms with Crippen LogP contribution in [0.25, 0.3) is 0 Å². The Kier molecular flexibility index (Phi) is 7.50. The Morgan fingerprint density at radius 2 is 1.44 bits per heavy atom. The first-order chi connectivity index (χ1) is 17.4. The van der Waals surface area contributed by atoms with Gasteiger partial charge in [0.15, 0.2) is 0 Å². The summed E-state index contributed by atoms with van der Waals surface area (Å²) in [6.45, 7) is 0.346. The minimum atomic E-state index is -0.807. The van der Waals surface area contributed by atoms with E-state index in [0.717, 1.165) is 17.2 Å². The number of phenols is 1. The van der Waals surface area contributed by atoms with E-state index in [4.69, 9.17) is 4.74 Å². The Morgan fingerprint density at radius 1 is 0.806 bits per heavy atom. The zero-order valence-corrected chi connectivity index (χ0v) is 18.9. The first kappa shape index (κ1) is 24.3. The molecule has 0 radical (unpaired) electrons. The summed E-state index contributed by atoms with van der Waals surface area (Å²) in [5, 5.41) is 15.1. The Morgan fingerprint density at radius 3 is 2.08 bits per heavy atom. The molecule has 4 aromatic rings. The van der Waals surface area contributed by atoms with Crippen molar-refractivity contribution in [2.24, 2.45) is 0 Å². The van der Waals surface area contributed by atoms with Crippen molar-refractivity contribution in [3.63, 3.8) is 0 Å². The van der Waals surface area contributed by atoms with Crippen LogP contribution < -0.4 is 15.4 Å². The lowest BCUT2D eigenvalue weighted by Crippen LogP contribution is -2.24. The highest BCUT2D eigenvalue weighted by molar-refractivity contribution is 5.97. The molecule has 9 heteroatoms. The number of aromatic nitrogens is 1. The van der Waals surface area contributed by atoms with Crippen LogP contribution in [-0.2, 0) is 13.1 Å². The van der Waals surface area contributed by atoms with E-state index in [2.05, 4.69) is 15.6 Å². The Balaban J connectivity index is 1.33. The number of nitrogens with zero attached hydrogens (tertiary/aromatic N) is 1. The number of rotatable bonds is 8. The van der Waals surface area contributed by atoms with Crippen LogP contribution in [0.5, 0.6) is 17.4 Å². The summed E-state index contributed by atoms with van der Waals surface area (Å²) >= 11 is 0. The standard InChI is InChI=1S/C27H21F2N3O4/c28-19-10-12-20(13-11-19)36-27-21(3-2-14-30-27)25(34)31-15-17-6-8-18(9-7-17)16-32-26(35)24-22(29)4-1-5-23(24)33/h1-14,33H,15-16H2,(H,31,34)(H,32,35). The van der Waals surface area contributed by atoms with Crippen LogP contribution in [0.15, 0.2) is 85.1 Å². The molecule has 1 heterocycles. The molecule has 0 spiro atoms. The van der Waals surface area contributed by atoms with Gasteiger partial charge in [-0.05, 0) is 59.7 Å². The number of phenolic OH excluding ortho intramolecular Hbond substituents is 1. The number of benzene rings is 3. The molecule has 0 aliphatic rings. The molecule has 36 heavy (non-hydrogen) atoms. The van der Waals surface area contributed by atoms with Crippen molar-refractivity contribution >= 4 is 11.8 Å². The van der Waals surface area contributed by atoms with E-state index < -0.39 is 34.8 Å². The minimum Gasteiger partial charge on any atom is -0.507 e. The van der Waals surface area contributed by atoms with Crippen molar-refractivity contribution in [3.8, 4) is 17.4 Å². The van der Waals surface area contributed by atoms with Crippen LogP contribution in [0.2, 0.25) is 0 Å². The topological polar surface area (TPSA) is 101 Å². The van der Waals surface area contributed by atoms with Gasteiger partial charge in [-0.2, -0.15) is 0 Å². The van der Waals surface area contributed by atoms with Crippen LogP contribution in [0.3, 0.4) is 0 Å². The van der Waals surface area contributed by atoms with E-state index in [1.807, 2.05) is 0 Å². The molecule has 2 amide bonds. The van der Waals surface area contributed by atoms with Crippen molar-refractivity contribution < 1.29 is 28.2 Å². The van der Waals surface area contributed by atoms with E-state index >= 15 is 0 Å². The molecule has 182 valence electrons. The minimum absolute atomic E-state index is 0.0913. The normalized spacial score (nSPS) is 10.5. The summed E-state index contributed by atoms with van der Waals surface area (Å²) in [6.07, 6.45) is 1.49. The molecule has 7 nitrogen and oxygen atoms in total. The number of carbonyl (C=O) groups excluding carboxylic acids is 2.